The van der Waals surface area contributed by atoms with Gasteiger partial charge in [0, 0.05) is 18.7 Å². The first-order valence-corrected chi connectivity index (χ1v) is 10.1. The Bertz CT molecular complexity index is 975. The first-order valence-electron chi connectivity index (χ1n) is 10.1. The van der Waals surface area contributed by atoms with Crippen molar-refractivity contribution in [2.24, 2.45) is 0 Å². The summed E-state index contributed by atoms with van der Waals surface area (Å²) in [6.45, 7) is 3.65. The standard InChI is InChI=1S/C23H25N3O3/c1-17-10-4-5-11-18(17)23-24-22(25-29-23)19-12-6-7-13-20(19)28-16-21(27)26-14-8-2-3-9-15-26/h4-7,10-13H,2-3,8-9,14-16H2,1H3. The van der Waals surface area contributed by atoms with Gasteiger partial charge in [-0.3, -0.25) is 4.79 Å². The highest BCUT2D eigenvalue weighted by atomic mass is 16.5. The molecule has 4 rings (SSSR count). The van der Waals surface area contributed by atoms with Crippen LogP contribution in [0.3, 0.4) is 0 Å². The maximum absolute atomic E-state index is 12.5. The molecule has 0 radical (unpaired) electrons. The second kappa shape index (κ2) is 8.90. The van der Waals surface area contributed by atoms with Crippen molar-refractivity contribution in [2.75, 3.05) is 19.7 Å². The Morgan fingerprint density at radius 1 is 1.00 bits per heavy atom. The monoisotopic (exact) mass is 391 g/mol. The highest BCUT2D eigenvalue weighted by Crippen LogP contribution is 2.30. The Hall–Kier alpha value is -3.15. The molecule has 0 saturated carbocycles. The molecule has 0 spiro atoms. The van der Waals surface area contributed by atoms with Gasteiger partial charge in [0.1, 0.15) is 5.75 Å². The van der Waals surface area contributed by atoms with Crippen LogP contribution in [0.4, 0.5) is 0 Å². The van der Waals surface area contributed by atoms with Crippen LogP contribution in [-0.2, 0) is 4.79 Å². The minimum absolute atomic E-state index is 0.0134. The lowest BCUT2D eigenvalue weighted by molar-refractivity contribution is -0.133. The molecule has 1 fully saturated rings. The number of aromatic nitrogens is 2. The molecular formula is C23H25N3O3. The Kier molecular flexibility index (Phi) is 5.89. The van der Waals surface area contributed by atoms with E-state index in [-0.39, 0.29) is 12.5 Å². The molecule has 0 bridgehead atoms. The largest absolute Gasteiger partial charge is 0.483 e. The van der Waals surface area contributed by atoms with E-state index in [0.29, 0.717) is 23.0 Å². The molecule has 6 heteroatoms. The van der Waals surface area contributed by atoms with E-state index in [2.05, 4.69) is 10.1 Å². The molecular weight excluding hydrogens is 366 g/mol. The Balaban J connectivity index is 1.50. The predicted molar refractivity (Wildman–Crippen MR) is 110 cm³/mol. The first-order chi connectivity index (χ1) is 14.2. The molecule has 6 nitrogen and oxygen atoms in total. The van der Waals surface area contributed by atoms with Crippen LogP contribution in [-0.4, -0.2) is 40.6 Å². The summed E-state index contributed by atoms with van der Waals surface area (Å²) < 4.78 is 11.4. The van der Waals surface area contributed by atoms with Crippen molar-refractivity contribution in [2.45, 2.75) is 32.6 Å². The number of hydrogen-bond acceptors (Lipinski definition) is 5. The normalized spacial score (nSPS) is 14.4. The molecule has 1 aliphatic rings. The number of benzene rings is 2. The van der Waals surface area contributed by atoms with Gasteiger partial charge >= 0.3 is 0 Å². The van der Waals surface area contributed by atoms with Gasteiger partial charge in [0.15, 0.2) is 6.61 Å². The molecule has 0 aliphatic carbocycles. The summed E-state index contributed by atoms with van der Waals surface area (Å²) in [6, 6.07) is 15.3. The quantitative estimate of drug-likeness (QED) is 0.641. The summed E-state index contributed by atoms with van der Waals surface area (Å²) in [4.78, 5) is 19.0. The minimum atomic E-state index is 0.0134. The van der Waals surface area contributed by atoms with Gasteiger partial charge in [0.2, 0.25) is 5.82 Å². The summed E-state index contributed by atoms with van der Waals surface area (Å²) in [5, 5.41) is 4.13. The average Bonchev–Trinajstić information content (AvgIpc) is 3.06. The van der Waals surface area contributed by atoms with E-state index in [1.165, 1.54) is 12.8 Å². The lowest BCUT2D eigenvalue weighted by Crippen LogP contribution is -2.35. The van der Waals surface area contributed by atoms with Crippen LogP contribution < -0.4 is 4.74 Å². The maximum atomic E-state index is 12.5. The number of rotatable bonds is 5. The maximum Gasteiger partial charge on any atom is 0.260 e. The van der Waals surface area contributed by atoms with E-state index in [1.807, 2.05) is 60.4 Å². The van der Waals surface area contributed by atoms with Gasteiger partial charge < -0.3 is 14.2 Å². The number of para-hydroxylation sites is 1. The summed E-state index contributed by atoms with van der Waals surface area (Å²) in [5.74, 6) is 1.51. The van der Waals surface area contributed by atoms with Gasteiger partial charge in [0.25, 0.3) is 11.8 Å². The first kappa shape index (κ1) is 19.2. The number of nitrogens with zero attached hydrogens (tertiary/aromatic N) is 3. The molecule has 2 heterocycles. The molecule has 1 amide bonds. The number of carbonyl (C=O) groups excluding carboxylic acids is 1. The van der Waals surface area contributed by atoms with Crippen molar-refractivity contribution in [3.63, 3.8) is 0 Å². The molecule has 2 aromatic carbocycles. The van der Waals surface area contributed by atoms with Crippen molar-refractivity contribution in [1.82, 2.24) is 15.0 Å². The Morgan fingerprint density at radius 3 is 2.45 bits per heavy atom. The van der Waals surface area contributed by atoms with Gasteiger partial charge in [-0.25, -0.2) is 0 Å². The van der Waals surface area contributed by atoms with Crippen molar-refractivity contribution in [1.29, 1.82) is 0 Å². The van der Waals surface area contributed by atoms with E-state index < -0.39 is 0 Å². The zero-order valence-corrected chi connectivity index (χ0v) is 16.6. The smallest absolute Gasteiger partial charge is 0.260 e. The Labute approximate surface area is 170 Å². The SMILES string of the molecule is Cc1ccccc1-c1nc(-c2ccccc2OCC(=O)N2CCCCCC2)no1. The molecule has 0 atom stereocenters. The van der Waals surface area contributed by atoms with Crippen molar-refractivity contribution in [3.05, 3.63) is 54.1 Å². The third kappa shape index (κ3) is 4.47. The van der Waals surface area contributed by atoms with E-state index in [1.54, 1.807) is 0 Å². The van der Waals surface area contributed by atoms with Gasteiger partial charge in [-0.05, 0) is 43.5 Å². The molecule has 0 unspecified atom stereocenters. The fraction of sp³-hybridized carbons (Fsp3) is 0.348. The van der Waals surface area contributed by atoms with Crippen LogP contribution in [0.5, 0.6) is 5.75 Å². The summed E-state index contributed by atoms with van der Waals surface area (Å²) in [7, 11) is 0. The van der Waals surface area contributed by atoms with E-state index in [4.69, 9.17) is 9.26 Å². The topological polar surface area (TPSA) is 68.5 Å². The second-order valence-electron chi connectivity index (χ2n) is 7.32. The number of likely N-dealkylation sites (tertiary alicyclic amines) is 1. The molecule has 1 saturated heterocycles. The second-order valence-corrected chi connectivity index (χ2v) is 7.32. The van der Waals surface area contributed by atoms with Gasteiger partial charge in [-0.15, -0.1) is 0 Å². The lowest BCUT2D eigenvalue weighted by atomic mass is 10.1. The molecule has 1 aromatic heterocycles. The Morgan fingerprint density at radius 2 is 1.69 bits per heavy atom. The van der Waals surface area contributed by atoms with E-state index in [9.17, 15) is 4.79 Å². The number of ether oxygens (including phenoxy) is 1. The van der Waals surface area contributed by atoms with Crippen LogP contribution in [0.25, 0.3) is 22.8 Å². The van der Waals surface area contributed by atoms with Crippen LogP contribution in [0, 0.1) is 6.92 Å². The number of carbonyl (C=O) groups is 1. The van der Waals surface area contributed by atoms with Gasteiger partial charge in [-0.1, -0.05) is 48.3 Å². The molecule has 150 valence electrons. The molecule has 29 heavy (non-hydrogen) atoms. The highest BCUT2D eigenvalue weighted by molar-refractivity contribution is 5.78. The van der Waals surface area contributed by atoms with Gasteiger partial charge in [0.05, 0.1) is 5.56 Å². The van der Waals surface area contributed by atoms with Crippen molar-refractivity contribution < 1.29 is 14.1 Å². The number of aryl methyl sites for hydroxylation is 1. The van der Waals surface area contributed by atoms with E-state index >= 15 is 0 Å². The fourth-order valence-electron chi connectivity index (χ4n) is 3.58. The van der Waals surface area contributed by atoms with Crippen molar-refractivity contribution in [3.8, 4) is 28.6 Å². The molecule has 0 N–H and O–H groups in total. The minimum Gasteiger partial charge on any atom is -0.483 e. The third-order valence-corrected chi connectivity index (χ3v) is 5.24. The fourth-order valence-corrected chi connectivity index (χ4v) is 3.58. The molecule has 3 aromatic rings. The van der Waals surface area contributed by atoms with Crippen LogP contribution in [0.15, 0.2) is 53.1 Å². The number of hydrogen-bond donors (Lipinski definition) is 0. The summed E-state index contributed by atoms with van der Waals surface area (Å²) in [6.07, 6.45) is 4.50. The van der Waals surface area contributed by atoms with Gasteiger partial charge in [-0.2, -0.15) is 4.98 Å². The molecule has 1 aliphatic heterocycles. The summed E-state index contributed by atoms with van der Waals surface area (Å²) in [5.41, 5.74) is 2.68. The zero-order chi connectivity index (χ0) is 20.1. The van der Waals surface area contributed by atoms with Crippen LogP contribution in [0.2, 0.25) is 0 Å². The third-order valence-electron chi connectivity index (χ3n) is 5.24. The zero-order valence-electron chi connectivity index (χ0n) is 16.6. The average molecular weight is 391 g/mol. The van der Waals surface area contributed by atoms with Crippen LogP contribution in [0.1, 0.15) is 31.2 Å². The van der Waals surface area contributed by atoms with E-state index in [0.717, 1.165) is 37.1 Å². The lowest BCUT2D eigenvalue weighted by Gasteiger charge is -2.20. The predicted octanol–water partition coefficient (Wildman–Crippen LogP) is 4.49. The van der Waals surface area contributed by atoms with Crippen LogP contribution >= 0.6 is 0 Å². The number of amides is 1. The van der Waals surface area contributed by atoms with Crippen molar-refractivity contribution >= 4 is 5.91 Å². The summed E-state index contributed by atoms with van der Waals surface area (Å²) >= 11 is 0. The highest BCUT2D eigenvalue weighted by Gasteiger charge is 2.19.